The Morgan fingerprint density at radius 3 is 2.62 bits per heavy atom. The number of anilines is 1. The number of pyridine rings is 1. The standard InChI is InChI=1S/C19H24ClN5O/c1-21-19(23-10-15-26-17-7-3-2-6-16(17)20)25-13-11-24(12-14-25)18-8-4-5-9-22-18/h2-9H,10-15H2,1H3,(H,21,23). The van der Waals surface area contributed by atoms with Gasteiger partial charge in [-0.2, -0.15) is 0 Å². The topological polar surface area (TPSA) is 53.0 Å². The van der Waals surface area contributed by atoms with E-state index < -0.39 is 0 Å². The number of hydrogen-bond donors (Lipinski definition) is 1. The van der Waals surface area contributed by atoms with Crippen LogP contribution in [0.15, 0.2) is 53.7 Å². The normalized spacial score (nSPS) is 15.1. The first-order valence-corrected chi connectivity index (χ1v) is 9.14. The zero-order chi connectivity index (χ0) is 18.2. The molecule has 1 aliphatic heterocycles. The molecule has 26 heavy (non-hydrogen) atoms. The van der Waals surface area contributed by atoms with Crippen molar-refractivity contribution in [1.82, 2.24) is 15.2 Å². The molecule has 138 valence electrons. The smallest absolute Gasteiger partial charge is 0.193 e. The highest BCUT2D eigenvalue weighted by Crippen LogP contribution is 2.22. The number of hydrogen-bond acceptors (Lipinski definition) is 4. The molecule has 1 saturated heterocycles. The van der Waals surface area contributed by atoms with Gasteiger partial charge in [-0.3, -0.25) is 4.99 Å². The molecule has 0 radical (unpaired) electrons. The van der Waals surface area contributed by atoms with Crippen LogP contribution in [0.3, 0.4) is 0 Å². The SMILES string of the molecule is CN=C(NCCOc1ccccc1Cl)N1CCN(c2ccccn2)CC1. The zero-order valence-electron chi connectivity index (χ0n) is 14.9. The molecule has 0 bridgehead atoms. The van der Waals surface area contributed by atoms with Crippen LogP contribution >= 0.6 is 11.6 Å². The lowest BCUT2D eigenvalue weighted by Crippen LogP contribution is -2.53. The molecular weight excluding hydrogens is 350 g/mol. The first-order chi connectivity index (χ1) is 12.8. The van der Waals surface area contributed by atoms with E-state index in [1.807, 2.05) is 49.6 Å². The monoisotopic (exact) mass is 373 g/mol. The molecule has 0 aliphatic carbocycles. The minimum Gasteiger partial charge on any atom is -0.490 e. The predicted molar refractivity (Wildman–Crippen MR) is 106 cm³/mol. The van der Waals surface area contributed by atoms with Gasteiger partial charge in [0.1, 0.15) is 18.2 Å². The summed E-state index contributed by atoms with van der Waals surface area (Å²) in [5.41, 5.74) is 0. The van der Waals surface area contributed by atoms with Crippen molar-refractivity contribution in [2.24, 2.45) is 4.99 Å². The molecule has 1 N–H and O–H groups in total. The number of aliphatic imine (C=N–C) groups is 1. The molecule has 2 heterocycles. The largest absolute Gasteiger partial charge is 0.490 e. The first kappa shape index (κ1) is 18.3. The van der Waals surface area contributed by atoms with Crippen LogP contribution in [-0.4, -0.2) is 62.2 Å². The number of aromatic nitrogens is 1. The predicted octanol–water partition coefficient (Wildman–Crippen LogP) is 2.51. The van der Waals surface area contributed by atoms with E-state index >= 15 is 0 Å². The van der Waals surface area contributed by atoms with Gasteiger partial charge in [0, 0.05) is 39.4 Å². The van der Waals surface area contributed by atoms with E-state index in [1.54, 1.807) is 0 Å². The van der Waals surface area contributed by atoms with Crippen molar-refractivity contribution in [2.75, 3.05) is 51.3 Å². The van der Waals surface area contributed by atoms with Crippen molar-refractivity contribution in [3.8, 4) is 5.75 Å². The fourth-order valence-corrected chi connectivity index (χ4v) is 3.10. The van der Waals surface area contributed by atoms with Crippen LogP contribution in [0.25, 0.3) is 0 Å². The van der Waals surface area contributed by atoms with E-state index in [9.17, 15) is 0 Å². The molecule has 6 nitrogen and oxygen atoms in total. The number of piperazine rings is 1. The fraction of sp³-hybridized carbons (Fsp3) is 0.368. The van der Waals surface area contributed by atoms with Gasteiger partial charge < -0.3 is 19.9 Å². The molecule has 7 heteroatoms. The molecule has 1 aromatic carbocycles. The highest BCUT2D eigenvalue weighted by molar-refractivity contribution is 6.32. The summed E-state index contributed by atoms with van der Waals surface area (Å²) in [6, 6.07) is 13.5. The van der Waals surface area contributed by atoms with Crippen molar-refractivity contribution in [3.63, 3.8) is 0 Å². The van der Waals surface area contributed by atoms with Crippen LogP contribution in [-0.2, 0) is 0 Å². The third-order valence-electron chi connectivity index (χ3n) is 4.24. The van der Waals surface area contributed by atoms with Crippen LogP contribution < -0.4 is 15.0 Å². The number of halogens is 1. The summed E-state index contributed by atoms with van der Waals surface area (Å²) in [6.45, 7) is 4.85. The van der Waals surface area contributed by atoms with Gasteiger partial charge in [0.2, 0.25) is 0 Å². The molecule has 0 atom stereocenters. The number of ether oxygens (including phenoxy) is 1. The maximum atomic E-state index is 6.09. The lowest BCUT2D eigenvalue weighted by atomic mass is 10.3. The van der Waals surface area contributed by atoms with Gasteiger partial charge in [0.15, 0.2) is 5.96 Å². The van der Waals surface area contributed by atoms with Gasteiger partial charge >= 0.3 is 0 Å². The highest BCUT2D eigenvalue weighted by Gasteiger charge is 2.20. The molecule has 0 saturated carbocycles. The number of nitrogens with zero attached hydrogens (tertiary/aromatic N) is 4. The van der Waals surface area contributed by atoms with Crippen molar-refractivity contribution in [3.05, 3.63) is 53.7 Å². The summed E-state index contributed by atoms with van der Waals surface area (Å²) < 4.78 is 5.71. The second-order valence-corrected chi connectivity index (χ2v) is 6.32. The summed E-state index contributed by atoms with van der Waals surface area (Å²) in [4.78, 5) is 13.4. The Hall–Kier alpha value is -2.47. The third kappa shape index (κ3) is 4.79. The summed E-state index contributed by atoms with van der Waals surface area (Å²) in [7, 11) is 1.81. The van der Waals surface area contributed by atoms with Crippen LogP contribution in [0.2, 0.25) is 5.02 Å². The van der Waals surface area contributed by atoms with Gasteiger partial charge in [0.05, 0.1) is 11.6 Å². The Morgan fingerprint density at radius 1 is 1.15 bits per heavy atom. The van der Waals surface area contributed by atoms with Crippen molar-refractivity contribution in [1.29, 1.82) is 0 Å². The Labute approximate surface area is 159 Å². The maximum absolute atomic E-state index is 6.09. The molecule has 3 rings (SSSR count). The average molecular weight is 374 g/mol. The van der Waals surface area contributed by atoms with E-state index in [1.165, 1.54) is 0 Å². The number of guanidine groups is 1. The van der Waals surface area contributed by atoms with E-state index in [0.717, 1.165) is 38.0 Å². The lowest BCUT2D eigenvalue weighted by Gasteiger charge is -2.37. The van der Waals surface area contributed by atoms with Crippen LogP contribution in [0, 0.1) is 0 Å². The fourth-order valence-electron chi connectivity index (χ4n) is 2.91. The molecule has 2 aromatic rings. The van der Waals surface area contributed by atoms with Crippen LogP contribution in [0.4, 0.5) is 5.82 Å². The highest BCUT2D eigenvalue weighted by atomic mass is 35.5. The van der Waals surface area contributed by atoms with Gasteiger partial charge in [-0.05, 0) is 24.3 Å². The summed E-state index contributed by atoms with van der Waals surface area (Å²) in [6.07, 6.45) is 1.83. The Bertz CT molecular complexity index is 717. The van der Waals surface area contributed by atoms with Gasteiger partial charge in [-0.1, -0.05) is 29.8 Å². The van der Waals surface area contributed by atoms with Gasteiger partial charge in [-0.25, -0.2) is 4.98 Å². The molecule has 0 amide bonds. The number of benzene rings is 1. The summed E-state index contributed by atoms with van der Waals surface area (Å²) in [5, 5.41) is 3.98. The lowest BCUT2D eigenvalue weighted by molar-refractivity contribution is 0.315. The summed E-state index contributed by atoms with van der Waals surface area (Å²) in [5.74, 6) is 2.63. The van der Waals surface area contributed by atoms with Crippen LogP contribution in [0.1, 0.15) is 0 Å². The number of para-hydroxylation sites is 1. The molecule has 1 aromatic heterocycles. The number of nitrogens with one attached hydrogen (secondary N) is 1. The summed E-state index contributed by atoms with van der Waals surface area (Å²) >= 11 is 6.09. The van der Waals surface area contributed by atoms with E-state index in [-0.39, 0.29) is 0 Å². The second-order valence-electron chi connectivity index (χ2n) is 5.91. The molecule has 0 unspecified atom stereocenters. The minimum absolute atomic E-state index is 0.524. The Kier molecular flexibility index (Phi) is 6.55. The zero-order valence-corrected chi connectivity index (χ0v) is 15.7. The molecule has 0 spiro atoms. The van der Waals surface area contributed by atoms with Crippen LogP contribution in [0.5, 0.6) is 5.75 Å². The van der Waals surface area contributed by atoms with Crippen molar-refractivity contribution >= 4 is 23.4 Å². The van der Waals surface area contributed by atoms with Crippen molar-refractivity contribution in [2.45, 2.75) is 0 Å². The van der Waals surface area contributed by atoms with E-state index in [0.29, 0.717) is 23.9 Å². The minimum atomic E-state index is 0.524. The van der Waals surface area contributed by atoms with Gasteiger partial charge in [-0.15, -0.1) is 0 Å². The first-order valence-electron chi connectivity index (χ1n) is 8.77. The Balaban J connectivity index is 1.43. The molecule has 1 fully saturated rings. The molecule has 1 aliphatic rings. The quantitative estimate of drug-likeness (QED) is 0.496. The second kappa shape index (κ2) is 9.29. The van der Waals surface area contributed by atoms with Crippen molar-refractivity contribution < 1.29 is 4.74 Å². The maximum Gasteiger partial charge on any atom is 0.193 e. The Morgan fingerprint density at radius 2 is 1.92 bits per heavy atom. The van der Waals surface area contributed by atoms with Gasteiger partial charge in [0.25, 0.3) is 0 Å². The molecular formula is C19H24ClN5O. The average Bonchev–Trinajstić information content (AvgIpc) is 2.70. The number of rotatable bonds is 5. The van der Waals surface area contributed by atoms with E-state index in [4.69, 9.17) is 16.3 Å². The van der Waals surface area contributed by atoms with E-state index in [2.05, 4.69) is 31.2 Å². The third-order valence-corrected chi connectivity index (χ3v) is 4.56.